The van der Waals surface area contributed by atoms with Gasteiger partial charge in [-0.2, -0.15) is 0 Å². The minimum atomic E-state index is -3.20. The molecule has 1 aromatic rings. The van der Waals surface area contributed by atoms with Crippen LogP contribution in [0.25, 0.3) is 0 Å². The first-order valence-corrected chi connectivity index (χ1v) is 9.15. The van der Waals surface area contributed by atoms with Gasteiger partial charge in [-0.3, -0.25) is 0 Å². The topological polar surface area (TPSA) is 46.2 Å². The summed E-state index contributed by atoms with van der Waals surface area (Å²) in [5.41, 5.74) is 1.08. The highest BCUT2D eigenvalue weighted by molar-refractivity contribution is 7.91. The van der Waals surface area contributed by atoms with Crippen molar-refractivity contribution < 1.29 is 8.42 Å². The fraction of sp³-hybridized carbons (Fsp3) is 0.625. The van der Waals surface area contributed by atoms with Crippen molar-refractivity contribution in [2.24, 2.45) is 5.92 Å². The number of benzene rings is 1. The summed E-state index contributed by atoms with van der Waals surface area (Å²) in [5, 5.41) is 3.23. The molecule has 4 heteroatoms. The first kappa shape index (κ1) is 15.5. The minimum absolute atomic E-state index is 0.0709. The molecule has 1 unspecified atom stereocenters. The zero-order valence-corrected chi connectivity index (χ0v) is 13.2. The third-order valence-corrected chi connectivity index (χ3v) is 6.16. The van der Waals surface area contributed by atoms with Crippen molar-refractivity contribution in [2.45, 2.75) is 50.0 Å². The molecule has 20 heavy (non-hydrogen) atoms. The van der Waals surface area contributed by atoms with E-state index >= 15 is 0 Å². The molecule has 1 saturated carbocycles. The Bertz CT molecular complexity index is 516. The van der Waals surface area contributed by atoms with E-state index in [1.165, 1.54) is 19.3 Å². The van der Waals surface area contributed by atoms with Gasteiger partial charge in [-0.15, -0.1) is 0 Å². The molecule has 1 aliphatic carbocycles. The van der Waals surface area contributed by atoms with E-state index in [1.54, 1.807) is 12.1 Å². The lowest BCUT2D eigenvalue weighted by Gasteiger charge is -2.29. The molecule has 1 aromatic carbocycles. The fourth-order valence-corrected chi connectivity index (χ4v) is 4.72. The Morgan fingerprint density at radius 2 is 1.75 bits per heavy atom. The maximum atomic E-state index is 12.5. The van der Waals surface area contributed by atoms with Crippen molar-refractivity contribution in [3.05, 3.63) is 29.8 Å². The Morgan fingerprint density at radius 1 is 1.15 bits per heavy atom. The Balaban J connectivity index is 2.10. The molecule has 3 nitrogen and oxygen atoms in total. The minimum Gasteiger partial charge on any atom is -0.316 e. The van der Waals surface area contributed by atoms with Crippen LogP contribution in [-0.4, -0.2) is 27.3 Å². The highest BCUT2D eigenvalue weighted by atomic mass is 32.2. The summed E-state index contributed by atoms with van der Waals surface area (Å²) in [4.78, 5) is 0.444. The van der Waals surface area contributed by atoms with Crippen molar-refractivity contribution >= 4 is 9.84 Å². The van der Waals surface area contributed by atoms with E-state index in [1.807, 2.05) is 26.1 Å². The van der Waals surface area contributed by atoms with Gasteiger partial charge in [0.25, 0.3) is 0 Å². The van der Waals surface area contributed by atoms with Gasteiger partial charge in [0.05, 0.1) is 10.6 Å². The molecule has 2 rings (SSSR count). The van der Waals surface area contributed by atoms with Gasteiger partial charge in [0.15, 0.2) is 9.84 Å². The summed E-state index contributed by atoms with van der Waals surface area (Å²) in [5.74, 6) is 0.700. The Hall–Kier alpha value is -0.870. The van der Waals surface area contributed by atoms with E-state index in [0.717, 1.165) is 18.4 Å². The Morgan fingerprint density at radius 3 is 2.30 bits per heavy atom. The second-order valence-corrected chi connectivity index (χ2v) is 7.92. The van der Waals surface area contributed by atoms with Crippen LogP contribution < -0.4 is 5.32 Å². The van der Waals surface area contributed by atoms with Crippen LogP contribution in [0, 0.1) is 12.8 Å². The lowest BCUT2D eigenvalue weighted by Crippen LogP contribution is -2.40. The van der Waals surface area contributed by atoms with Gasteiger partial charge in [0.1, 0.15) is 0 Å². The van der Waals surface area contributed by atoms with Gasteiger partial charge in [-0.25, -0.2) is 8.42 Å². The highest BCUT2D eigenvalue weighted by Gasteiger charge is 2.27. The van der Waals surface area contributed by atoms with Crippen molar-refractivity contribution in [3.63, 3.8) is 0 Å². The number of sulfone groups is 1. The molecule has 0 radical (unpaired) electrons. The van der Waals surface area contributed by atoms with Crippen LogP contribution in [-0.2, 0) is 9.84 Å². The molecule has 0 saturated heterocycles. The largest absolute Gasteiger partial charge is 0.316 e. The van der Waals surface area contributed by atoms with E-state index in [0.29, 0.717) is 10.8 Å². The summed E-state index contributed by atoms with van der Waals surface area (Å²) in [6, 6.07) is 7.24. The van der Waals surface area contributed by atoms with E-state index in [4.69, 9.17) is 0 Å². The average molecular weight is 295 g/mol. The lowest BCUT2D eigenvalue weighted by molar-refractivity contribution is 0.292. The highest BCUT2D eigenvalue weighted by Crippen LogP contribution is 2.28. The van der Waals surface area contributed by atoms with Crippen LogP contribution in [0.2, 0.25) is 0 Å². The first-order chi connectivity index (χ1) is 9.53. The molecule has 0 bridgehead atoms. The second-order valence-electron chi connectivity index (χ2n) is 5.89. The summed E-state index contributed by atoms with van der Waals surface area (Å²) >= 11 is 0. The molecule has 1 N–H and O–H groups in total. The number of nitrogens with one attached hydrogen (secondary N) is 1. The molecule has 1 atom stereocenters. The predicted octanol–water partition coefficient (Wildman–Crippen LogP) is 2.94. The molecular formula is C16H25NO2S. The van der Waals surface area contributed by atoms with E-state index < -0.39 is 9.84 Å². The Labute approximate surface area is 122 Å². The number of aryl methyl sites for hydroxylation is 1. The van der Waals surface area contributed by atoms with E-state index in [2.05, 4.69) is 5.32 Å². The number of rotatable bonds is 5. The molecular weight excluding hydrogens is 270 g/mol. The molecule has 0 aliphatic heterocycles. The van der Waals surface area contributed by atoms with Gasteiger partial charge in [0, 0.05) is 6.04 Å². The smallest absolute Gasteiger partial charge is 0.179 e. The van der Waals surface area contributed by atoms with E-state index in [-0.39, 0.29) is 11.8 Å². The third kappa shape index (κ3) is 3.83. The van der Waals surface area contributed by atoms with Gasteiger partial charge in [0.2, 0.25) is 0 Å². The van der Waals surface area contributed by atoms with Gasteiger partial charge < -0.3 is 5.32 Å². The standard InChI is InChI=1S/C16H25NO2S/c1-13-8-10-15(11-9-13)20(18,19)12-16(17-2)14-6-4-3-5-7-14/h8-11,14,16-17H,3-7,12H2,1-2H3. The lowest BCUT2D eigenvalue weighted by atomic mass is 9.84. The zero-order valence-electron chi connectivity index (χ0n) is 12.4. The SMILES string of the molecule is CNC(CS(=O)(=O)c1ccc(C)cc1)C1CCCCC1. The van der Waals surface area contributed by atoms with Crippen LogP contribution in [0.1, 0.15) is 37.7 Å². The summed E-state index contributed by atoms with van der Waals surface area (Å²) in [6.45, 7) is 1.97. The molecule has 1 fully saturated rings. The van der Waals surface area contributed by atoms with Gasteiger partial charge in [-0.1, -0.05) is 37.0 Å². The zero-order chi connectivity index (χ0) is 14.6. The van der Waals surface area contributed by atoms with Crippen molar-refractivity contribution in [2.75, 3.05) is 12.8 Å². The van der Waals surface area contributed by atoms with Crippen LogP contribution in [0.3, 0.4) is 0 Å². The van der Waals surface area contributed by atoms with E-state index in [9.17, 15) is 8.42 Å². The maximum Gasteiger partial charge on any atom is 0.179 e. The predicted molar refractivity (Wildman–Crippen MR) is 82.7 cm³/mol. The average Bonchev–Trinajstić information content (AvgIpc) is 2.46. The van der Waals surface area contributed by atoms with Crippen molar-refractivity contribution in [3.8, 4) is 0 Å². The summed E-state index contributed by atoms with van der Waals surface area (Å²) < 4.78 is 25.0. The molecule has 0 spiro atoms. The van der Waals surface area contributed by atoms with Gasteiger partial charge in [-0.05, 0) is 44.9 Å². The van der Waals surface area contributed by atoms with Crippen molar-refractivity contribution in [1.29, 1.82) is 0 Å². The molecule has 0 amide bonds. The van der Waals surface area contributed by atoms with Crippen LogP contribution in [0.5, 0.6) is 0 Å². The summed E-state index contributed by atoms with van der Waals surface area (Å²) in [7, 11) is -1.32. The third-order valence-electron chi connectivity index (χ3n) is 4.37. The number of hydrogen-bond donors (Lipinski definition) is 1. The van der Waals surface area contributed by atoms with Crippen LogP contribution in [0.4, 0.5) is 0 Å². The molecule has 112 valence electrons. The van der Waals surface area contributed by atoms with Crippen molar-refractivity contribution in [1.82, 2.24) is 5.32 Å². The molecule has 0 heterocycles. The normalized spacial score (nSPS) is 18.9. The first-order valence-electron chi connectivity index (χ1n) is 7.49. The maximum absolute atomic E-state index is 12.5. The van der Waals surface area contributed by atoms with Gasteiger partial charge >= 0.3 is 0 Å². The number of hydrogen-bond acceptors (Lipinski definition) is 3. The fourth-order valence-electron chi connectivity index (χ4n) is 3.07. The quantitative estimate of drug-likeness (QED) is 0.908. The van der Waals surface area contributed by atoms with Crippen LogP contribution in [0.15, 0.2) is 29.2 Å². The summed E-state index contributed by atoms with van der Waals surface area (Å²) in [6.07, 6.45) is 6.04. The molecule has 0 aromatic heterocycles. The van der Waals surface area contributed by atoms with Crippen LogP contribution >= 0.6 is 0 Å². The second kappa shape index (κ2) is 6.72. The monoisotopic (exact) mass is 295 g/mol. The molecule has 1 aliphatic rings. The Kier molecular flexibility index (Phi) is 5.22.